The fourth-order valence-electron chi connectivity index (χ4n) is 2.43. The van der Waals surface area contributed by atoms with E-state index in [1.54, 1.807) is 12.1 Å². The number of amides is 1. The predicted molar refractivity (Wildman–Crippen MR) is 69.6 cm³/mol. The van der Waals surface area contributed by atoms with Gasteiger partial charge >= 0.3 is 0 Å². The van der Waals surface area contributed by atoms with Crippen LogP contribution >= 0.6 is 0 Å². The van der Waals surface area contributed by atoms with Gasteiger partial charge in [-0.05, 0) is 37.1 Å². The molecule has 2 atom stereocenters. The average molecular weight is 250 g/mol. The fourth-order valence-corrected chi connectivity index (χ4v) is 2.43. The van der Waals surface area contributed by atoms with Crippen molar-refractivity contribution in [2.45, 2.75) is 38.1 Å². The van der Waals surface area contributed by atoms with Crippen LogP contribution in [0.1, 0.15) is 32.1 Å². The molecule has 0 aliphatic heterocycles. The van der Waals surface area contributed by atoms with Gasteiger partial charge in [0, 0.05) is 11.7 Å². The highest BCUT2D eigenvalue weighted by molar-refractivity contribution is 5.93. The number of nitrogens with two attached hydrogens (primary N) is 1. The van der Waals surface area contributed by atoms with E-state index >= 15 is 0 Å². The Labute approximate surface area is 107 Å². The molecule has 1 aromatic carbocycles. The number of halogens is 1. The molecule has 1 aliphatic carbocycles. The lowest BCUT2D eigenvalue weighted by molar-refractivity contribution is -0.120. The van der Waals surface area contributed by atoms with Gasteiger partial charge in [-0.3, -0.25) is 4.79 Å². The van der Waals surface area contributed by atoms with Crippen LogP contribution < -0.4 is 11.1 Å². The molecule has 1 saturated carbocycles. The number of rotatable bonds is 2. The largest absolute Gasteiger partial charge is 0.327 e. The van der Waals surface area contributed by atoms with E-state index in [0.29, 0.717) is 5.69 Å². The zero-order chi connectivity index (χ0) is 13.0. The third-order valence-electron chi connectivity index (χ3n) is 3.52. The lowest BCUT2D eigenvalue weighted by Crippen LogP contribution is -2.37. The van der Waals surface area contributed by atoms with Gasteiger partial charge in [0.05, 0.1) is 5.92 Å². The minimum absolute atomic E-state index is 0.0454. The summed E-state index contributed by atoms with van der Waals surface area (Å²) in [6.45, 7) is 0. The summed E-state index contributed by atoms with van der Waals surface area (Å²) >= 11 is 0. The Morgan fingerprint density at radius 2 is 1.83 bits per heavy atom. The summed E-state index contributed by atoms with van der Waals surface area (Å²) in [5, 5.41) is 2.81. The molecular weight excluding hydrogens is 231 g/mol. The van der Waals surface area contributed by atoms with E-state index in [1.807, 2.05) is 0 Å². The maximum Gasteiger partial charge on any atom is 0.229 e. The molecular formula is C14H19FN2O. The van der Waals surface area contributed by atoms with Gasteiger partial charge in [0.25, 0.3) is 0 Å². The van der Waals surface area contributed by atoms with E-state index in [-0.39, 0.29) is 23.7 Å². The highest BCUT2D eigenvalue weighted by Gasteiger charge is 2.26. The first-order valence-electron chi connectivity index (χ1n) is 6.49. The number of hydrogen-bond acceptors (Lipinski definition) is 2. The van der Waals surface area contributed by atoms with Crippen molar-refractivity contribution in [1.82, 2.24) is 0 Å². The first-order chi connectivity index (χ1) is 8.66. The number of anilines is 1. The second-order valence-corrected chi connectivity index (χ2v) is 4.90. The van der Waals surface area contributed by atoms with Crippen LogP contribution in [0, 0.1) is 11.7 Å². The van der Waals surface area contributed by atoms with E-state index in [4.69, 9.17) is 5.73 Å². The summed E-state index contributed by atoms with van der Waals surface area (Å²) in [5.41, 5.74) is 6.66. The van der Waals surface area contributed by atoms with Crippen molar-refractivity contribution in [3.8, 4) is 0 Å². The van der Waals surface area contributed by atoms with Gasteiger partial charge in [0.1, 0.15) is 5.82 Å². The van der Waals surface area contributed by atoms with Crippen molar-refractivity contribution in [3.63, 3.8) is 0 Å². The van der Waals surface area contributed by atoms with Gasteiger partial charge < -0.3 is 11.1 Å². The number of carbonyl (C=O) groups is 1. The first kappa shape index (κ1) is 13.0. The Morgan fingerprint density at radius 3 is 2.56 bits per heavy atom. The van der Waals surface area contributed by atoms with Crippen LogP contribution in [-0.2, 0) is 4.79 Å². The zero-order valence-corrected chi connectivity index (χ0v) is 10.4. The molecule has 3 N–H and O–H groups in total. The van der Waals surface area contributed by atoms with Gasteiger partial charge in [0.2, 0.25) is 5.91 Å². The third-order valence-corrected chi connectivity index (χ3v) is 3.52. The predicted octanol–water partition coefficient (Wildman–Crippen LogP) is 2.67. The molecule has 1 aliphatic rings. The molecule has 0 aromatic heterocycles. The van der Waals surface area contributed by atoms with Gasteiger partial charge in [0.15, 0.2) is 0 Å². The Bertz CT molecular complexity index is 405. The van der Waals surface area contributed by atoms with E-state index in [1.165, 1.54) is 12.1 Å². The van der Waals surface area contributed by atoms with Crippen LogP contribution in [0.3, 0.4) is 0 Å². The number of hydrogen-bond donors (Lipinski definition) is 2. The van der Waals surface area contributed by atoms with Crippen LogP contribution in [0.2, 0.25) is 0 Å². The zero-order valence-electron chi connectivity index (χ0n) is 10.4. The van der Waals surface area contributed by atoms with Crippen molar-refractivity contribution in [2.75, 3.05) is 5.32 Å². The van der Waals surface area contributed by atoms with Crippen LogP contribution in [0.25, 0.3) is 0 Å². The second-order valence-electron chi connectivity index (χ2n) is 4.90. The molecule has 1 aromatic rings. The van der Waals surface area contributed by atoms with Crippen molar-refractivity contribution < 1.29 is 9.18 Å². The smallest absolute Gasteiger partial charge is 0.229 e. The van der Waals surface area contributed by atoms with Crippen LogP contribution in [0.4, 0.5) is 10.1 Å². The molecule has 0 heterocycles. The van der Waals surface area contributed by atoms with Gasteiger partial charge in [-0.2, -0.15) is 0 Å². The molecule has 3 nitrogen and oxygen atoms in total. The standard InChI is InChI=1S/C14H19FN2O/c15-10-6-8-11(9-7-10)17-14(18)12-4-2-1-3-5-13(12)16/h6-9,12-13H,1-5,16H2,(H,17,18). The quantitative estimate of drug-likeness (QED) is 0.793. The summed E-state index contributed by atoms with van der Waals surface area (Å²) in [5.74, 6) is -0.479. The summed E-state index contributed by atoms with van der Waals surface area (Å²) in [4.78, 5) is 12.1. The van der Waals surface area contributed by atoms with Crippen LogP contribution in [0.5, 0.6) is 0 Å². The van der Waals surface area contributed by atoms with E-state index in [0.717, 1.165) is 32.1 Å². The topological polar surface area (TPSA) is 55.1 Å². The molecule has 0 spiro atoms. The maximum atomic E-state index is 12.8. The van der Waals surface area contributed by atoms with Crippen LogP contribution in [0.15, 0.2) is 24.3 Å². The molecule has 0 saturated heterocycles. The Balaban J connectivity index is 1.99. The van der Waals surface area contributed by atoms with E-state index in [2.05, 4.69) is 5.32 Å². The van der Waals surface area contributed by atoms with E-state index in [9.17, 15) is 9.18 Å². The molecule has 4 heteroatoms. The summed E-state index contributed by atoms with van der Waals surface area (Å²) < 4.78 is 12.8. The van der Waals surface area contributed by atoms with Gasteiger partial charge in [-0.15, -0.1) is 0 Å². The lowest BCUT2D eigenvalue weighted by Gasteiger charge is -2.20. The minimum atomic E-state index is -0.306. The monoisotopic (exact) mass is 250 g/mol. The highest BCUT2D eigenvalue weighted by atomic mass is 19.1. The van der Waals surface area contributed by atoms with Crippen molar-refractivity contribution in [1.29, 1.82) is 0 Å². The number of carbonyl (C=O) groups excluding carboxylic acids is 1. The molecule has 0 bridgehead atoms. The SMILES string of the molecule is NC1CCCCCC1C(=O)Nc1ccc(F)cc1. The van der Waals surface area contributed by atoms with Crippen molar-refractivity contribution in [3.05, 3.63) is 30.1 Å². The Hall–Kier alpha value is -1.42. The molecule has 98 valence electrons. The molecule has 2 rings (SSSR count). The number of nitrogens with one attached hydrogen (secondary N) is 1. The maximum absolute atomic E-state index is 12.8. The van der Waals surface area contributed by atoms with Crippen molar-refractivity contribution >= 4 is 11.6 Å². The van der Waals surface area contributed by atoms with Crippen molar-refractivity contribution in [2.24, 2.45) is 11.7 Å². The minimum Gasteiger partial charge on any atom is -0.327 e. The molecule has 1 amide bonds. The summed E-state index contributed by atoms with van der Waals surface area (Å²) in [6.07, 6.45) is 5.04. The summed E-state index contributed by atoms with van der Waals surface area (Å²) in [7, 11) is 0. The highest BCUT2D eigenvalue weighted by Crippen LogP contribution is 2.23. The lowest BCUT2D eigenvalue weighted by atomic mass is 9.94. The van der Waals surface area contributed by atoms with E-state index < -0.39 is 0 Å². The second kappa shape index (κ2) is 5.96. The Morgan fingerprint density at radius 1 is 1.17 bits per heavy atom. The average Bonchev–Trinajstić information content (AvgIpc) is 2.57. The third kappa shape index (κ3) is 3.29. The first-order valence-corrected chi connectivity index (χ1v) is 6.49. The molecule has 2 unspecified atom stereocenters. The summed E-state index contributed by atoms with van der Waals surface area (Å²) in [6, 6.07) is 5.74. The normalized spacial score (nSPS) is 24.3. The molecule has 0 radical (unpaired) electrons. The fraction of sp³-hybridized carbons (Fsp3) is 0.500. The number of benzene rings is 1. The molecule has 1 fully saturated rings. The molecule has 18 heavy (non-hydrogen) atoms. The van der Waals surface area contributed by atoms with Gasteiger partial charge in [-0.1, -0.05) is 19.3 Å². The van der Waals surface area contributed by atoms with Gasteiger partial charge in [-0.25, -0.2) is 4.39 Å². The Kier molecular flexibility index (Phi) is 4.31. The van der Waals surface area contributed by atoms with Crippen LogP contribution in [-0.4, -0.2) is 11.9 Å².